The molecule has 4 unspecified atom stereocenters. The zero-order valence-electron chi connectivity index (χ0n) is 16.0. The lowest BCUT2D eigenvalue weighted by Gasteiger charge is -2.51. The second kappa shape index (κ2) is 7.77. The zero-order valence-corrected chi connectivity index (χ0v) is 16.0. The quantitative estimate of drug-likeness (QED) is 0.568. The Morgan fingerprint density at radius 1 is 1.29 bits per heavy atom. The van der Waals surface area contributed by atoms with Gasteiger partial charge in [0.1, 0.15) is 0 Å². The van der Waals surface area contributed by atoms with Crippen LogP contribution in [-0.4, -0.2) is 11.2 Å². The van der Waals surface area contributed by atoms with Gasteiger partial charge in [0, 0.05) is 0 Å². The van der Waals surface area contributed by atoms with E-state index in [0.717, 1.165) is 36.5 Å². The lowest BCUT2D eigenvalue weighted by Crippen LogP contribution is -2.42. The van der Waals surface area contributed by atoms with Gasteiger partial charge in [0.25, 0.3) is 0 Å². The minimum absolute atomic E-state index is 0.200. The van der Waals surface area contributed by atoms with Crippen molar-refractivity contribution in [3.63, 3.8) is 0 Å². The van der Waals surface area contributed by atoms with E-state index in [1.54, 1.807) is 5.57 Å². The van der Waals surface area contributed by atoms with E-state index in [2.05, 4.69) is 32.6 Å². The molecule has 1 N–H and O–H groups in total. The highest BCUT2D eigenvalue weighted by atomic mass is 16.3. The molecule has 0 aromatic carbocycles. The second-order valence-corrected chi connectivity index (χ2v) is 9.15. The van der Waals surface area contributed by atoms with Crippen LogP contribution in [0.3, 0.4) is 0 Å². The number of aliphatic hydroxyl groups excluding tert-OH is 1. The molecule has 0 saturated heterocycles. The number of unbranched alkanes of at least 4 members (excludes halogenated alkanes) is 1. The van der Waals surface area contributed by atoms with Gasteiger partial charge >= 0.3 is 0 Å². The summed E-state index contributed by atoms with van der Waals surface area (Å²) in [5.41, 5.74) is 2.14. The molecule has 0 amide bonds. The first-order valence-electron chi connectivity index (χ1n) is 10.6. The molecule has 0 spiro atoms. The third-order valence-corrected chi connectivity index (χ3v) is 7.84. The number of allylic oxidation sites excluding steroid dienone is 2. The number of fused-ring (bicyclic) bond motifs is 3. The van der Waals surface area contributed by atoms with Crippen molar-refractivity contribution >= 4 is 0 Å². The Morgan fingerprint density at radius 3 is 2.88 bits per heavy atom. The first kappa shape index (κ1) is 18.2. The average molecular weight is 331 g/mol. The number of aliphatic hydroxyl groups is 1. The van der Waals surface area contributed by atoms with Crippen molar-refractivity contribution in [2.24, 2.45) is 29.1 Å². The Hall–Kier alpha value is -0.560. The minimum atomic E-state index is -0.200. The van der Waals surface area contributed by atoms with E-state index in [9.17, 15) is 5.11 Å². The van der Waals surface area contributed by atoms with Crippen LogP contribution >= 0.6 is 0 Å². The Balaban J connectivity index is 1.63. The van der Waals surface area contributed by atoms with Gasteiger partial charge in [-0.15, -0.1) is 6.58 Å². The molecule has 3 fully saturated rings. The van der Waals surface area contributed by atoms with Crippen LogP contribution in [0.5, 0.6) is 0 Å². The van der Waals surface area contributed by atoms with Crippen LogP contribution in [0.1, 0.15) is 84.5 Å². The summed E-state index contributed by atoms with van der Waals surface area (Å²) in [6.07, 6.45) is 18.2. The number of hydrogen-bond acceptors (Lipinski definition) is 1. The largest absolute Gasteiger partial charge is 0.389 e. The Bertz CT molecular complexity index is 465. The van der Waals surface area contributed by atoms with E-state index in [4.69, 9.17) is 0 Å². The minimum Gasteiger partial charge on any atom is -0.389 e. The van der Waals surface area contributed by atoms with Crippen LogP contribution < -0.4 is 0 Å². The van der Waals surface area contributed by atoms with E-state index < -0.39 is 0 Å². The van der Waals surface area contributed by atoms with Crippen LogP contribution in [0, 0.1) is 29.1 Å². The Morgan fingerprint density at radius 2 is 2.12 bits per heavy atom. The first-order valence-corrected chi connectivity index (χ1v) is 10.6. The highest BCUT2D eigenvalue weighted by Gasteiger charge is 2.53. The van der Waals surface area contributed by atoms with E-state index in [1.165, 1.54) is 57.8 Å². The van der Waals surface area contributed by atoms with E-state index in [0.29, 0.717) is 5.41 Å². The molecule has 24 heavy (non-hydrogen) atoms. The van der Waals surface area contributed by atoms with Gasteiger partial charge in [-0.3, -0.25) is 0 Å². The third-order valence-electron chi connectivity index (χ3n) is 7.84. The molecule has 3 aliphatic carbocycles. The highest BCUT2D eigenvalue weighted by molar-refractivity contribution is 5.14. The monoisotopic (exact) mass is 330 g/mol. The van der Waals surface area contributed by atoms with E-state index in [1.807, 2.05) is 0 Å². The fraction of sp³-hybridized carbons (Fsp3) is 0.826. The van der Waals surface area contributed by atoms with Gasteiger partial charge in [-0.1, -0.05) is 44.4 Å². The van der Waals surface area contributed by atoms with Crippen LogP contribution in [0.15, 0.2) is 24.3 Å². The van der Waals surface area contributed by atoms with Gasteiger partial charge in [0.2, 0.25) is 0 Å². The number of hydrogen-bond donors (Lipinski definition) is 1. The summed E-state index contributed by atoms with van der Waals surface area (Å²) in [5.74, 6) is 3.67. The maximum atomic E-state index is 10.2. The standard InChI is InChI=1S/C23H38O/c1-4-6-8-20(24)16-17-9-11-21-18(15-17)13-14-23(3)19(7-5-2)10-12-22(21)23/h5,16,18-22,24H,2,4,6-15H2,1,3H3/b17-16-/t18?,19-,20-,21?,22?,23?/m0/s1. The molecular formula is C23H38O. The maximum absolute atomic E-state index is 10.2. The number of rotatable bonds is 6. The van der Waals surface area contributed by atoms with Crippen molar-refractivity contribution in [3.8, 4) is 0 Å². The Labute approximate surface area is 149 Å². The normalized spacial score (nSPS) is 41.7. The molecule has 3 aliphatic rings. The third kappa shape index (κ3) is 3.52. The summed E-state index contributed by atoms with van der Waals surface area (Å²) in [5, 5.41) is 10.2. The van der Waals surface area contributed by atoms with Crippen LogP contribution in [-0.2, 0) is 0 Å². The van der Waals surface area contributed by atoms with E-state index in [-0.39, 0.29) is 6.10 Å². The van der Waals surface area contributed by atoms with Crippen LogP contribution in [0.25, 0.3) is 0 Å². The Kier molecular flexibility index (Phi) is 5.90. The van der Waals surface area contributed by atoms with Gasteiger partial charge in [0.15, 0.2) is 0 Å². The molecule has 3 saturated carbocycles. The zero-order chi connectivity index (χ0) is 17.2. The van der Waals surface area contributed by atoms with Gasteiger partial charge in [-0.05, 0) is 86.9 Å². The highest BCUT2D eigenvalue weighted by Crippen LogP contribution is 2.62. The lowest BCUT2D eigenvalue weighted by molar-refractivity contribution is 0.000988. The second-order valence-electron chi connectivity index (χ2n) is 9.15. The van der Waals surface area contributed by atoms with Gasteiger partial charge in [-0.2, -0.15) is 0 Å². The smallest absolute Gasteiger partial charge is 0.0723 e. The predicted octanol–water partition coefficient (Wildman–Crippen LogP) is 6.28. The summed E-state index contributed by atoms with van der Waals surface area (Å²) >= 11 is 0. The molecular weight excluding hydrogens is 292 g/mol. The molecule has 0 aromatic rings. The lowest BCUT2D eigenvalue weighted by atomic mass is 9.54. The van der Waals surface area contributed by atoms with Crippen LogP contribution in [0.2, 0.25) is 0 Å². The summed E-state index contributed by atoms with van der Waals surface area (Å²) < 4.78 is 0. The van der Waals surface area contributed by atoms with Crippen molar-refractivity contribution in [3.05, 3.63) is 24.3 Å². The molecule has 0 bridgehead atoms. The average Bonchev–Trinajstić information content (AvgIpc) is 2.90. The summed E-state index contributed by atoms with van der Waals surface area (Å²) in [6, 6.07) is 0. The molecule has 0 aromatic heterocycles. The summed E-state index contributed by atoms with van der Waals surface area (Å²) in [6.45, 7) is 8.79. The van der Waals surface area contributed by atoms with Crippen molar-refractivity contribution in [2.45, 2.75) is 90.6 Å². The van der Waals surface area contributed by atoms with Crippen molar-refractivity contribution in [1.82, 2.24) is 0 Å². The first-order chi connectivity index (χ1) is 11.6. The predicted molar refractivity (Wildman–Crippen MR) is 103 cm³/mol. The molecule has 0 aliphatic heterocycles. The molecule has 1 nitrogen and oxygen atoms in total. The van der Waals surface area contributed by atoms with Gasteiger partial charge < -0.3 is 5.11 Å². The summed E-state index contributed by atoms with van der Waals surface area (Å²) in [4.78, 5) is 0. The van der Waals surface area contributed by atoms with Crippen molar-refractivity contribution in [2.75, 3.05) is 0 Å². The van der Waals surface area contributed by atoms with E-state index >= 15 is 0 Å². The molecule has 1 heteroatoms. The van der Waals surface area contributed by atoms with Crippen LogP contribution in [0.4, 0.5) is 0 Å². The van der Waals surface area contributed by atoms with Crippen molar-refractivity contribution in [1.29, 1.82) is 0 Å². The topological polar surface area (TPSA) is 20.2 Å². The molecule has 0 radical (unpaired) electrons. The SMILES string of the molecule is C=CC[C@H]1CCC2C3CC/C(=C/[C@@H](O)CCCC)CC3CCC21C. The molecule has 3 rings (SSSR count). The molecule has 136 valence electrons. The maximum Gasteiger partial charge on any atom is 0.0723 e. The van der Waals surface area contributed by atoms with Gasteiger partial charge in [-0.25, -0.2) is 0 Å². The fourth-order valence-electron chi connectivity index (χ4n) is 6.46. The van der Waals surface area contributed by atoms with Gasteiger partial charge in [0.05, 0.1) is 6.10 Å². The van der Waals surface area contributed by atoms with Crippen molar-refractivity contribution < 1.29 is 5.11 Å². The summed E-state index contributed by atoms with van der Waals surface area (Å²) in [7, 11) is 0. The molecule has 0 heterocycles. The molecule has 6 atom stereocenters. The fourth-order valence-corrected chi connectivity index (χ4v) is 6.46.